The van der Waals surface area contributed by atoms with E-state index in [-0.39, 0.29) is 11.8 Å². The lowest BCUT2D eigenvalue weighted by atomic mass is 9.90. The lowest BCUT2D eigenvalue weighted by molar-refractivity contribution is 0.0926. The molecule has 8 aromatic carbocycles. The smallest absolute Gasteiger partial charge is 0.268 e. The molecule has 0 spiro atoms. The van der Waals surface area contributed by atoms with Gasteiger partial charge in [0.1, 0.15) is 0 Å². The number of hydrogen-bond acceptors (Lipinski definition) is 2. The van der Waals surface area contributed by atoms with Crippen LogP contribution in [0.3, 0.4) is 0 Å². The van der Waals surface area contributed by atoms with E-state index in [0.29, 0.717) is 28.2 Å². The Bertz CT molecular complexity index is 3010. The van der Waals surface area contributed by atoms with Crippen LogP contribution in [0.1, 0.15) is 20.7 Å². The number of nitrogens with zero attached hydrogens (tertiary/aromatic N) is 3. The summed E-state index contributed by atoms with van der Waals surface area (Å²) in [6.07, 6.45) is 0. The summed E-state index contributed by atoms with van der Waals surface area (Å²) >= 11 is 0. The van der Waals surface area contributed by atoms with Crippen LogP contribution in [0.25, 0.3) is 76.8 Å². The molecule has 0 atom stereocenters. The Labute approximate surface area is 323 Å². The van der Waals surface area contributed by atoms with Crippen molar-refractivity contribution in [2.24, 2.45) is 0 Å². The van der Waals surface area contributed by atoms with E-state index >= 15 is 4.79 Å². The maximum Gasteiger partial charge on any atom is 0.268 e. The Kier molecular flexibility index (Phi) is 7.76. The molecule has 1 aliphatic heterocycles. The second kappa shape index (κ2) is 13.2. The molecule has 0 bridgehead atoms. The van der Waals surface area contributed by atoms with E-state index in [1.807, 2.05) is 127 Å². The maximum absolute atomic E-state index is 15.3. The lowest BCUT2D eigenvalue weighted by Crippen LogP contribution is -2.30. The van der Waals surface area contributed by atoms with E-state index in [1.165, 1.54) is 4.90 Å². The summed E-state index contributed by atoms with van der Waals surface area (Å²) < 4.78 is 2.10. The van der Waals surface area contributed by atoms with E-state index in [0.717, 1.165) is 66.3 Å². The van der Waals surface area contributed by atoms with Gasteiger partial charge in [-0.2, -0.15) is 0 Å². The van der Waals surface area contributed by atoms with Gasteiger partial charge >= 0.3 is 0 Å². The zero-order valence-electron chi connectivity index (χ0n) is 30.1. The minimum absolute atomic E-state index is 0.358. The summed E-state index contributed by atoms with van der Waals surface area (Å²) in [7, 11) is 0. The highest BCUT2D eigenvalue weighted by atomic mass is 16.2. The van der Waals surface area contributed by atoms with Gasteiger partial charge in [-0.05, 0) is 81.9 Å². The number of rotatable bonds is 6. The molecule has 0 fully saturated rings. The molecular weight excluding hydrogens is 687 g/mol. The number of fused-ring (bicyclic) bond motifs is 4. The number of aromatic nitrogens is 1. The Balaban J connectivity index is 1.20. The van der Waals surface area contributed by atoms with Crippen molar-refractivity contribution in [3.05, 3.63) is 211 Å². The van der Waals surface area contributed by atoms with Gasteiger partial charge in [-0.15, -0.1) is 0 Å². The molecule has 9 aromatic rings. The Morgan fingerprint density at radius 1 is 0.411 bits per heavy atom. The third kappa shape index (κ3) is 5.24. The zero-order chi connectivity index (χ0) is 37.8. The van der Waals surface area contributed by atoms with Gasteiger partial charge in [0.05, 0.1) is 40.1 Å². The van der Waals surface area contributed by atoms with Gasteiger partial charge in [0.25, 0.3) is 11.8 Å². The van der Waals surface area contributed by atoms with Crippen molar-refractivity contribution in [3.63, 3.8) is 0 Å². The second-order valence-corrected chi connectivity index (χ2v) is 13.9. The number of benzene rings is 8. The topological polar surface area (TPSA) is 46.7 Å². The van der Waals surface area contributed by atoms with Gasteiger partial charge in [0, 0.05) is 21.9 Å². The average Bonchev–Trinajstić information content (AvgIpc) is 3.73. The largest absolute Gasteiger partial charge is 0.308 e. The van der Waals surface area contributed by atoms with Crippen LogP contribution < -0.4 is 4.90 Å². The first-order valence-electron chi connectivity index (χ1n) is 18.5. The van der Waals surface area contributed by atoms with Crippen molar-refractivity contribution < 1.29 is 9.59 Å². The predicted octanol–water partition coefficient (Wildman–Crippen LogP) is 12.8. The van der Waals surface area contributed by atoms with Gasteiger partial charge in [0.2, 0.25) is 0 Å². The zero-order valence-corrected chi connectivity index (χ0v) is 30.1. The first-order valence-corrected chi connectivity index (χ1v) is 18.5. The minimum atomic E-state index is -0.374. The minimum Gasteiger partial charge on any atom is -0.308 e. The summed E-state index contributed by atoms with van der Waals surface area (Å²) in [5.74, 6) is -0.739. The highest BCUT2D eigenvalue weighted by molar-refractivity contribution is 6.37. The fourth-order valence-electron chi connectivity index (χ4n) is 8.17. The fourth-order valence-corrected chi connectivity index (χ4v) is 8.17. The van der Waals surface area contributed by atoms with Crippen LogP contribution in [-0.4, -0.2) is 16.4 Å². The highest BCUT2D eigenvalue weighted by Gasteiger charge is 2.41. The summed E-state index contributed by atoms with van der Waals surface area (Å²) in [6.45, 7) is 7.52. The van der Waals surface area contributed by atoms with Crippen molar-refractivity contribution in [3.8, 4) is 50.2 Å². The Morgan fingerprint density at radius 2 is 0.982 bits per heavy atom. The van der Waals surface area contributed by atoms with Crippen molar-refractivity contribution in [2.45, 2.75) is 0 Å². The van der Waals surface area contributed by atoms with E-state index in [4.69, 9.17) is 6.57 Å². The quantitative estimate of drug-likeness (QED) is 0.127. The van der Waals surface area contributed by atoms with Crippen LogP contribution in [0, 0.1) is 6.57 Å². The second-order valence-electron chi connectivity index (χ2n) is 13.9. The molecule has 56 heavy (non-hydrogen) atoms. The molecular formula is C51H31N3O2. The third-order valence-electron chi connectivity index (χ3n) is 10.7. The fraction of sp³-hybridized carbons (Fsp3) is 0. The first-order chi connectivity index (χ1) is 27.6. The molecule has 5 heteroatoms. The van der Waals surface area contributed by atoms with Crippen LogP contribution in [-0.2, 0) is 0 Å². The number of para-hydroxylation sites is 1. The van der Waals surface area contributed by atoms with E-state index in [1.54, 1.807) is 6.07 Å². The normalized spacial score (nSPS) is 12.3. The molecule has 0 aliphatic carbocycles. The van der Waals surface area contributed by atoms with E-state index in [9.17, 15) is 4.79 Å². The van der Waals surface area contributed by atoms with Gasteiger partial charge in [-0.1, -0.05) is 140 Å². The van der Waals surface area contributed by atoms with Crippen LogP contribution >= 0.6 is 0 Å². The summed E-state index contributed by atoms with van der Waals surface area (Å²) in [5, 5.41) is 2.03. The van der Waals surface area contributed by atoms with Crippen molar-refractivity contribution >= 4 is 45.0 Å². The summed E-state index contributed by atoms with van der Waals surface area (Å²) in [5.41, 5.74) is 11.6. The summed E-state index contributed by atoms with van der Waals surface area (Å²) in [4.78, 5) is 35.2. The molecule has 10 rings (SSSR count). The molecule has 0 radical (unpaired) electrons. The van der Waals surface area contributed by atoms with Gasteiger partial charge in [-0.3, -0.25) is 9.59 Å². The molecule has 5 nitrogen and oxygen atoms in total. The average molecular weight is 718 g/mol. The van der Waals surface area contributed by atoms with Crippen LogP contribution in [0.2, 0.25) is 0 Å². The predicted molar refractivity (Wildman–Crippen MR) is 226 cm³/mol. The molecule has 1 aliphatic rings. The molecule has 0 N–H and O–H groups in total. The van der Waals surface area contributed by atoms with Crippen LogP contribution in [0.15, 0.2) is 188 Å². The van der Waals surface area contributed by atoms with Crippen LogP contribution in [0.4, 0.5) is 11.4 Å². The third-order valence-corrected chi connectivity index (χ3v) is 10.7. The van der Waals surface area contributed by atoms with Crippen LogP contribution in [0.5, 0.6) is 0 Å². The van der Waals surface area contributed by atoms with Gasteiger partial charge in [0.15, 0.2) is 5.69 Å². The van der Waals surface area contributed by atoms with Crippen molar-refractivity contribution in [1.82, 2.24) is 4.57 Å². The van der Waals surface area contributed by atoms with Gasteiger partial charge < -0.3 is 4.57 Å². The number of hydrogen-bond donors (Lipinski definition) is 0. The highest BCUT2D eigenvalue weighted by Crippen LogP contribution is 2.47. The number of amides is 2. The SMILES string of the molecule is [C-]#[N+]c1cccc(-c2ccc3c(c2)c2ccccc2n3-c2cccc3c2C(=O)N(c2c(-c4ccccc4)cc(-c4ccccc4)cc2-c2ccccc2)C3=O)c1. The molecule has 0 saturated carbocycles. The molecule has 2 amide bonds. The van der Waals surface area contributed by atoms with Gasteiger partial charge in [-0.25, -0.2) is 9.74 Å². The van der Waals surface area contributed by atoms with E-state index < -0.39 is 0 Å². The number of carbonyl (C=O) groups excluding carboxylic acids is 2. The molecule has 2 heterocycles. The van der Waals surface area contributed by atoms with E-state index in [2.05, 4.69) is 64.0 Å². The lowest BCUT2D eigenvalue weighted by Gasteiger charge is -2.24. The molecule has 262 valence electrons. The first kappa shape index (κ1) is 32.8. The number of carbonyl (C=O) groups is 2. The Morgan fingerprint density at radius 3 is 1.66 bits per heavy atom. The number of imide groups is 1. The molecule has 0 saturated heterocycles. The number of anilines is 1. The van der Waals surface area contributed by atoms with Crippen molar-refractivity contribution in [1.29, 1.82) is 0 Å². The molecule has 1 aromatic heterocycles. The van der Waals surface area contributed by atoms with Crippen molar-refractivity contribution in [2.75, 3.05) is 4.90 Å². The Hall–Kier alpha value is -7.81. The monoisotopic (exact) mass is 717 g/mol. The molecule has 0 unspecified atom stereocenters. The summed E-state index contributed by atoms with van der Waals surface area (Å²) in [6, 6.07) is 61.9. The standard InChI is InChI=1S/C51H31N3O2/c1-52-39-22-13-21-36(29-39)37-27-28-46-44(30-37)40-23-11-12-25-45(40)53(46)47-26-14-24-41-48(47)51(56)54(50(41)55)49-42(34-17-7-3-8-18-34)31-38(33-15-5-2-6-16-33)32-43(49)35-19-9-4-10-20-35/h2-32H. The maximum atomic E-state index is 15.3.